The average molecular weight is 407 g/mol. The fourth-order valence-corrected chi connectivity index (χ4v) is 5.05. The van der Waals surface area contributed by atoms with Crippen molar-refractivity contribution in [3.63, 3.8) is 0 Å². The highest BCUT2D eigenvalue weighted by molar-refractivity contribution is 7.17. The maximum Gasteiger partial charge on any atom is 0.269 e. The van der Waals surface area contributed by atoms with E-state index in [2.05, 4.69) is 27.1 Å². The zero-order chi connectivity index (χ0) is 20.1. The fourth-order valence-electron chi connectivity index (χ4n) is 3.91. The van der Waals surface area contributed by atoms with Crippen LogP contribution in [0.4, 0.5) is 11.4 Å². The minimum absolute atomic E-state index is 0.0387. The maximum absolute atomic E-state index is 11.1. The second-order valence-electron chi connectivity index (χ2n) is 6.97. The van der Waals surface area contributed by atoms with Crippen LogP contribution in [-0.4, -0.2) is 31.2 Å². The van der Waals surface area contributed by atoms with Crippen LogP contribution in [0.3, 0.4) is 0 Å². The van der Waals surface area contributed by atoms with Gasteiger partial charge in [0, 0.05) is 24.4 Å². The van der Waals surface area contributed by atoms with Gasteiger partial charge in [0.05, 0.1) is 15.8 Å². The van der Waals surface area contributed by atoms with E-state index in [4.69, 9.17) is 0 Å². The van der Waals surface area contributed by atoms with Gasteiger partial charge in [0.1, 0.15) is 5.82 Å². The molecule has 0 saturated heterocycles. The summed E-state index contributed by atoms with van der Waals surface area (Å²) in [6.45, 7) is 2.57. The third-order valence-electron chi connectivity index (χ3n) is 5.21. The fraction of sp³-hybridized carbons (Fsp3) is 0.200. The number of aromatic hydroxyl groups is 1. The molecular weight excluding hydrogens is 390 g/mol. The van der Waals surface area contributed by atoms with E-state index < -0.39 is 4.92 Å². The molecule has 0 spiro atoms. The highest BCUT2D eigenvalue weighted by Crippen LogP contribution is 2.44. The molecule has 2 aromatic heterocycles. The monoisotopic (exact) mass is 407 g/mol. The summed E-state index contributed by atoms with van der Waals surface area (Å²) >= 11 is 1.38. The third kappa shape index (κ3) is 2.82. The number of rotatable bonds is 4. The van der Waals surface area contributed by atoms with Crippen LogP contribution in [0, 0.1) is 17.0 Å². The Bertz CT molecular complexity index is 1230. The van der Waals surface area contributed by atoms with Crippen molar-refractivity contribution in [2.45, 2.75) is 19.4 Å². The molecule has 0 radical (unpaired) electrons. The van der Waals surface area contributed by atoms with Crippen molar-refractivity contribution < 1.29 is 10.0 Å². The lowest BCUT2D eigenvalue weighted by Crippen LogP contribution is -2.27. The number of thiazole rings is 1. The van der Waals surface area contributed by atoms with E-state index >= 15 is 0 Å². The predicted molar refractivity (Wildman–Crippen MR) is 110 cm³/mol. The molecule has 1 unspecified atom stereocenters. The first-order valence-electron chi connectivity index (χ1n) is 9.17. The largest absolute Gasteiger partial charge is 0.492 e. The van der Waals surface area contributed by atoms with Gasteiger partial charge in [0.25, 0.3) is 5.69 Å². The van der Waals surface area contributed by atoms with Gasteiger partial charge in [-0.05, 0) is 42.7 Å². The molecule has 1 atom stereocenters. The van der Waals surface area contributed by atoms with Gasteiger partial charge in [-0.2, -0.15) is 4.52 Å². The van der Waals surface area contributed by atoms with Crippen LogP contribution in [0.2, 0.25) is 0 Å². The van der Waals surface area contributed by atoms with E-state index in [9.17, 15) is 15.2 Å². The highest BCUT2D eigenvalue weighted by Gasteiger charge is 2.33. The normalized spacial score (nSPS) is 14.3. The Balaban J connectivity index is 1.67. The van der Waals surface area contributed by atoms with E-state index in [0.29, 0.717) is 15.7 Å². The zero-order valence-electron chi connectivity index (χ0n) is 15.5. The van der Waals surface area contributed by atoms with Crippen molar-refractivity contribution in [1.82, 2.24) is 14.6 Å². The van der Waals surface area contributed by atoms with Crippen molar-refractivity contribution in [2.24, 2.45) is 0 Å². The Labute approximate surface area is 169 Å². The van der Waals surface area contributed by atoms with Crippen molar-refractivity contribution in [2.75, 3.05) is 11.4 Å². The van der Waals surface area contributed by atoms with E-state index in [1.807, 2.05) is 12.1 Å². The molecule has 2 aromatic carbocycles. The van der Waals surface area contributed by atoms with Gasteiger partial charge in [0.2, 0.25) is 10.8 Å². The molecule has 4 aromatic rings. The highest BCUT2D eigenvalue weighted by atomic mass is 32.1. The summed E-state index contributed by atoms with van der Waals surface area (Å²) in [6, 6.07) is 14.4. The summed E-state index contributed by atoms with van der Waals surface area (Å²) < 4.78 is 1.45. The van der Waals surface area contributed by atoms with Gasteiger partial charge in [-0.1, -0.05) is 29.5 Å². The number of aromatic nitrogens is 3. The van der Waals surface area contributed by atoms with Gasteiger partial charge in [-0.3, -0.25) is 10.1 Å². The quantitative estimate of drug-likeness (QED) is 0.407. The van der Waals surface area contributed by atoms with Crippen molar-refractivity contribution in [1.29, 1.82) is 0 Å². The number of nitrogens with zero attached hydrogens (tertiary/aromatic N) is 5. The van der Waals surface area contributed by atoms with E-state index in [-0.39, 0.29) is 17.6 Å². The topological polar surface area (TPSA) is 96.8 Å². The summed E-state index contributed by atoms with van der Waals surface area (Å²) in [5.41, 5.74) is 3.25. The number of nitro groups is 1. The average Bonchev–Trinajstić information content (AvgIpc) is 3.38. The number of aryl methyl sites for hydroxylation is 1. The molecule has 1 N–H and O–H groups in total. The van der Waals surface area contributed by atoms with E-state index in [1.165, 1.54) is 33.5 Å². The second kappa shape index (κ2) is 6.56. The molecule has 3 heterocycles. The van der Waals surface area contributed by atoms with Crippen LogP contribution in [0.5, 0.6) is 5.88 Å². The number of para-hydroxylation sites is 1. The molecule has 0 amide bonds. The molecule has 0 aliphatic carbocycles. The first kappa shape index (κ1) is 17.6. The number of anilines is 1. The van der Waals surface area contributed by atoms with Crippen molar-refractivity contribution in [3.05, 3.63) is 80.5 Å². The zero-order valence-corrected chi connectivity index (χ0v) is 16.3. The lowest BCUT2D eigenvalue weighted by atomic mass is 10.0. The predicted octanol–water partition coefficient (Wildman–Crippen LogP) is 3.87. The molecule has 146 valence electrons. The van der Waals surface area contributed by atoms with Gasteiger partial charge < -0.3 is 10.0 Å². The van der Waals surface area contributed by atoms with Crippen LogP contribution in [0.1, 0.15) is 27.9 Å². The molecule has 8 nitrogen and oxygen atoms in total. The molecule has 1 aliphatic rings. The lowest BCUT2D eigenvalue weighted by molar-refractivity contribution is -0.384. The van der Waals surface area contributed by atoms with Gasteiger partial charge in [-0.25, -0.2) is 4.98 Å². The molecule has 0 saturated carbocycles. The molecule has 29 heavy (non-hydrogen) atoms. The second-order valence-corrected chi connectivity index (χ2v) is 7.98. The Hall–Kier alpha value is -3.46. The number of benzene rings is 2. The molecule has 9 heteroatoms. The molecule has 0 bridgehead atoms. The summed E-state index contributed by atoms with van der Waals surface area (Å²) in [6.07, 6.45) is 0.903. The Kier molecular flexibility index (Phi) is 3.99. The van der Waals surface area contributed by atoms with Crippen LogP contribution in [0.25, 0.3) is 4.96 Å². The summed E-state index contributed by atoms with van der Waals surface area (Å²) in [5, 5.41) is 26.3. The van der Waals surface area contributed by atoms with Gasteiger partial charge in [0.15, 0.2) is 0 Å². The SMILES string of the molecule is Cc1nc2sc(C(c3ccc([N+](=O)[O-])cc3)N3CCc4ccccc43)c(O)n2n1. The molecule has 1 aliphatic heterocycles. The minimum Gasteiger partial charge on any atom is -0.492 e. The number of hydrogen-bond acceptors (Lipinski definition) is 7. The maximum atomic E-state index is 11.1. The Morgan fingerprint density at radius 2 is 1.97 bits per heavy atom. The van der Waals surface area contributed by atoms with Crippen LogP contribution >= 0.6 is 11.3 Å². The smallest absolute Gasteiger partial charge is 0.269 e. The van der Waals surface area contributed by atoms with Gasteiger partial charge in [-0.15, -0.1) is 5.10 Å². The Morgan fingerprint density at radius 3 is 2.69 bits per heavy atom. The first-order valence-corrected chi connectivity index (χ1v) is 9.98. The number of nitro benzene ring substituents is 1. The molecule has 5 rings (SSSR count). The lowest BCUT2D eigenvalue weighted by Gasteiger charge is -2.30. The summed E-state index contributed by atoms with van der Waals surface area (Å²) in [4.78, 5) is 18.6. The molecular formula is C20H17N5O3S. The van der Waals surface area contributed by atoms with Crippen LogP contribution in [0.15, 0.2) is 48.5 Å². The van der Waals surface area contributed by atoms with Gasteiger partial charge >= 0.3 is 0 Å². The summed E-state index contributed by atoms with van der Waals surface area (Å²) in [7, 11) is 0. The number of fused-ring (bicyclic) bond motifs is 2. The van der Waals surface area contributed by atoms with E-state index in [1.54, 1.807) is 19.1 Å². The summed E-state index contributed by atoms with van der Waals surface area (Å²) in [5.74, 6) is 0.648. The van der Waals surface area contributed by atoms with Crippen molar-refractivity contribution >= 4 is 27.7 Å². The number of non-ortho nitro benzene ring substituents is 1. The van der Waals surface area contributed by atoms with Crippen LogP contribution in [-0.2, 0) is 6.42 Å². The molecule has 0 fully saturated rings. The van der Waals surface area contributed by atoms with E-state index in [0.717, 1.165) is 24.2 Å². The Morgan fingerprint density at radius 1 is 1.21 bits per heavy atom. The van der Waals surface area contributed by atoms with Crippen LogP contribution < -0.4 is 4.90 Å². The minimum atomic E-state index is -0.409. The third-order valence-corrected chi connectivity index (χ3v) is 6.28. The standard InChI is InChI=1S/C20H17N5O3S/c1-12-21-20-24(22-12)19(26)18(29-20)17(14-6-8-15(9-7-14)25(27)28)23-11-10-13-4-2-3-5-16(13)23/h2-9,17,26H,10-11H2,1H3. The van der Waals surface area contributed by atoms with Crippen molar-refractivity contribution in [3.8, 4) is 5.88 Å². The first-order chi connectivity index (χ1) is 14.0. The number of hydrogen-bond donors (Lipinski definition) is 1.